The Balaban J connectivity index is 2.00. The smallest absolute Gasteiger partial charge is 0.0716 e. The van der Waals surface area contributed by atoms with Gasteiger partial charge in [-0.15, -0.1) is 0 Å². The van der Waals surface area contributed by atoms with Gasteiger partial charge in [0.25, 0.3) is 0 Å². The normalized spacial score (nSPS) is 12.6. The second kappa shape index (κ2) is 9.20. The van der Waals surface area contributed by atoms with E-state index < -0.39 is 0 Å². The van der Waals surface area contributed by atoms with Crippen LogP contribution in [0.4, 0.5) is 0 Å². The summed E-state index contributed by atoms with van der Waals surface area (Å²) in [6, 6.07) is 10.9. The molecule has 1 unspecified atom stereocenters. The zero-order valence-corrected chi connectivity index (χ0v) is 11.1. The lowest BCUT2D eigenvalue weighted by molar-refractivity contribution is 0.112. The molecule has 0 aromatic heterocycles. The first-order valence-electron chi connectivity index (χ1n) is 6.68. The molecular formula is C15H25NO. The first-order valence-corrected chi connectivity index (χ1v) is 6.68. The fraction of sp³-hybridized carbons (Fsp3) is 0.600. The Labute approximate surface area is 105 Å². The van der Waals surface area contributed by atoms with Crippen molar-refractivity contribution in [1.29, 1.82) is 0 Å². The van der Waals surface area contributed by atoms with Crippen LogP contribution in [0.2, 0.25) is 0 Å². The molecule has 1 rings (SSSR count). The molecule has 1 N–H and O–H groups in total. The summed E-state index contributed by atoms with van der Waals surface area (Å²) in [5.74, 6) is 0. The van der Waals surface area contributed by atoms with E-state index in [0.29, 0.717) is 6.04 Å². The number of benzene rings is 1. The van der Waals surface area contributed by atoms with E-state index in [1.54, 1.807) is 0 Å². The van der Waals surface area contributed by atoms with Gasteiger partial charge in [-0.05, 0) is 31.9 Å². The number of nitrogens with one attached hydrogen (secondary N) is 1. The SMILES string of the molecule is CCCCNC(C)CCOCc1ccccc1. The van der Waals surface area contributed by atoms with Crippen molar-refractivity contribution in [3.05, 3.63) is 35.9 Å². The lowest BCUT2D eigenvalue weighted by Crippen LogP contribution is -2.28. The Kier molecular flexibility index (Phi) is 7.69. The third-order valence-electron chi connectivity index (χ3n) is 2.83. The quantitative estimate of drug-likeness (QED) is 0.663. The molecule has 0 fully saturated rings. The van der Waals surface area contributed by atoms with Crippen LogP contribution in [0.25, 0.3) is 0 Å². The highest BCUT2D eigenvalue weighted by atomic mass is 16.5. The van der Waals surface area contributed by atoms with Crippen LogP contribution in [-0.4, -0.2) is 19.2 Å². The lowest BCUT2D eigenvalue weighted by Gasteiger charge is -2.13. The predicted octanol–water partition coefficient (Wildman–Crippen LogP) is 3.37. The largest absolute Gasteiger partial charge is 0.377 e. The molecule has 1 atom stereocenters. The van der Waals surface area contributed by atoms with Crippen molar-refractivity contribution in [3.8, 4) is 0 Å². The van der Waals surface area contributed by atoms with E-state index in [9.17, 15) is 0 Å². The highest BCUT2D eigenvalue weighted by molar-refractivity contribution is 5.13. The van der Waals surface area contributed by atoms with Crippen LogP contribution in [0.15, 0.2) is 30.3 Å². The van der Waals surface area contributed by atoms with Gasteiger partial charge in [0.2, 0.25) is 0 Å². The maximum Gasteiger partial charge on any atom is 0.0716 e. The van der Waals surface area contributed by atoms with Crippen LogP contribution in [0, 0.1) is 0 Å². The van der Waals surface area contributed by atoms with E-state index in [1.807, 2.05) is 18.2 Å². The molecule has 1 aromatic carbocycles. The predicted molar refractivity (Wildman–Crippen MR) is 73.1 cm³/mol. The molecule has 0 spiro atoms. The van der Waals surface area contributed by atoms with Gasteiger partial charge in [-0.25, -0.2) is 0 Å². The molecule has 2 nitrogen and oxygen atoms in total. The molecular weight excluding hydrogens is 210 g/mol. The molecule has 0 aliphatic heterocycles. The Morgan fingerprint density at radius 2 is 2.00 bits per heavy atom. The first-order chi connectivity index (χ1) is 8.33. The highest BCUT2D eigenvalue weighted by Crippen LogP contribution is 2.01. The van der Waals surface area contributed by atoms with Crippen molar-refractivity contribution < 1.29 is 4.74 Å². The summed E-state index contributed by atoms with van der Waals surface area (Å²) in [4.78, 5) is 0. The summed E-state index contributed by atoms with van der Waals surface area (Å²) in [5, 5.41) is 3.50. The zero-order chi connectivity index (χ0) is 12.3. The van der Waals surface area contributed by atoms with E-state index in [0.717, 1.165) is 26.2 Å². The van der Waals surface area contributed by atoms with Crippen molar-refractivity contribution in [2.75, 3.05) is 13.2 Å². The molecule has 0 saturated heterocycles. The maximum absolute atomic E-state index is 5.66. The van der Waals surface area contributed by atoms with Gasteiger partial charge < -0.3 is 10.1 Å². The first kappa shape index (κ1) is 14.2. The van der Waals surface area contributed by atoms with Gasteiger partial charge in [0.15, 0.2) is 0 Å². The molecule has 2 heteroatoms. The Hall–Kier alpha value is -0.860. The third kappa shape index (κ3) is 7.14. The van der Waals surface area contributed by atoms with E-state index in [-0.39, 0.29) is 0 Å². The summed E-state index contributed by atoms with van der Waals surface area (Å²) < 4.78 is 5.66. The molecule has 0 heterocycles. The lowest BCUT2D eigenvalue weighted by atomic mass is 10.2. The summed E-state index contributed by atoms with van der Waals surface area (Å²) in [5.41, 5.74) is 1.25. The minimum atomic E-state index is 0.553. The van der Waals surface area contributed by atoms with Crippen LogP contribution in [-0.2, 0) is 11.3 Å². The molecule has 0 saturated carbocycles. The average molecular weight is 235 g/mol. The number of rotatable bonds is 9. The fourth-order valence-electron chi connectivity index (χ4n) is 1.65. The van der Waals surface area contributed by atoms with E-state index >= 15 is 0 Å². The summed E-state index contributed by atoms with van der Waals surface area (Å²) in [7, 11) is 0. The Morgan fingerprint density at radius 3 is 2.71 bits per heavy atom. The van der Waals surface area contributed by atoms with Crippen molar-refractivity contribution >= 4 is 0 Å². The van der Waals surface area contributed by atoms with Crippen LogP contribution in [0.3, 0.4) is 0 Å². The van der Waals surface area contributed by atoms with Crippen LogP contribution < -0.4 is 5.32 Å². The third-order valence-corrected chi connectivity index (χ3v) is 2.83. The number of unbranched alkanes of at least 4 members (excludes halogenated alkanes) is 1. The summed E-state index contributed by atoms with van der Waals surface area (Å²) in [6.45, 7) is 7.12. The van der Waals surface area contributed by atoms with Crippen molar-refractivity contribution in [2.45, 2.75) is 45.8 Å². The van der Waals surface area contributed by atoms with Gasteiger partial charge >= 0.3 is 0 Å². The Morgan fingerprint density at radius 1 is 1.24 bits per heavy atom. The van der Waals surface area contributed by atoms with E-state index in [4.69, 9.17) is 4.74 Å². The molecule has 0 amide bonds. The standard InChI is InChI=1S/C15H25NO/c1-3-4-11-16-14(2)10-12-17-13-15-8-6-5-7-9-15/h5-9,14,16H,3-4,10-13H2,1-2H3. The van der Waals surface area contributed by atoms with E-state index in [1.165, 1.54) is 18.4 Å². The molecule has 0 radical (unpaired) electrons. The second-order valence-corrected chi connectivity index (χ2v) is 4.54. The molecule has 0 aliphatic carbocycles. The van der Waals surface area contributed by atoms with Gasteiger partial charge in [-0.3, -0.25) is 0 Å². The van der Waals surface area contributed by atoms with Crippen molar-refractivity contribution in [3.63, 3.8) is 0 Å². The Bertz CT molecular complexity index is 274. The minimum Gasteiger partial charge on any atom is -0.377 e. The number of hydrogen-bond donors (Lipinski definition) is 1. The molecule has 96 valence electrons. The van der Waals surface area contributed by atoms with Gasteiger partial charge in [-0.1, -0.05) is 43.7 Å². The topological polar surface area (TPSA) is 21.3 Å². The molecule has 17 heavy (non-hydrogen) atoms. The molecule has 1 aromatic rings. The van der Waals surface area contributed by atoms with E-state index in [2.05, 4.69) is 31.3 Å². The minimum absolute atomic E-state index is 0.553. The monoisotopic (exact) mass is 235 g/mol. The van der Waals surface area contributed by atoms with Gasteiger partial charge in [-0.2, -0.15) is 0 Å². The van der Waals surface area contributed by atoms with Gasteiger partial charge in [0.05, 0.1) is 6.61 Å². The summed E-state index contributed by atoms with van der Waals surface area (Å²) in [6.07, 6.45) is 3.59. The number of ether oxygens (including phenoxy) is 1. The van der Waals surface area contributed by atoms with Crippen molar-refractivity contribution in [2.24, 2.45) is 0 Å². The van der Waals surface area contributed by atoms with Gasteiger partial charge in [0, 0.05) is 12.6 Å². The average Bonchev–Trinajstić information content (AvgIpc) is 2.36. The fourth-order valence-corrected chi connectivity index (χ4v) is 1.65. The van der Waals surface area contributed by atoms with Gasteiger partial charge in [0.1, 0.15) is 0 Å². The second-order valence-electron chi connectivity index (χ2n) is 4.54. The highest BCUT2D eigenvalue weighted by Gasteiger charge is 2.00. The van der Waals surface area contributed by atoms with Crippen LogP contribution >= 0.6 is 0 Å². The van der Waals surface area contributed by atoms with Crippen LogP contribution in [0.1, 0.15) is 38.7 Å². The maximum atomic E-state index is 5.66. The molecule has 0 bridgehead atoms. The molecule has 0 aliphatic rings. The zero-order valence-electron chi connectivity index (χ0n) is 11.1. The van der Waals surface area contributed by atoms with Crippen molar-refractivity contribution in [1.82, 2.24) is 5.32 Å². The number of hydrogen-bond acceptors (Lipinski definition) is 2. The van der Waals surface area contributed by atoms with Crippen LogP contribution in [0.5, 0.6) is 0 Å². The summed E-state index contributed by atoms with van der Waals surface area (Å²) >= 11 is 0.